The first kappa shape index (κ1) is 19.0. The topological polar surface area (TPSA) is 47.0 Å². The fourth-order valence-corrected chi connectivity index (χ4v) is 2.84. The number of hydrogen-bond acceptors (Lipinski definition) is 4. The van der Waals surface area contributed by atoms with Crippen LogP contribution in [0.1, 0.15) is 0 Å². The Morgan fingerprint density at radius 1 is 0.852 bits per heavy atom. The van der Waals surface area contributed by atoms with Gasteiger partial charge in [0.05, 0.1) is 12.6 Å². The van der Waals surface area contributed by atoms with E-state index < -0.39 is 0 Å². The van der Waals surface area contributed by atoms with Crippen molar-refractivity contribution < 1.29 is 17.1 Å². The number of hydrogen-bond donors (Lipinski definition) is 1. The minimum atomic E-state index is 0. The van der Waals surface area contributed by atoms with Crippen LogP contribution >= 0.6 is 11.6 Å². The maximum atomic E-state index is 5.99. The summed E-state index contributed by atoms with van der Waals surface area (Å²) in [5.41, 5.74) is 2.72. The van der Waals surface area contributed by atoms with Crippen LogP contribution in [0.2, 0.25) is 5.02 Å². The Morgan fingerprint density at radius 3 is 2.26 bits per heavy atom. The minimum absolute atomic E-state index is 0. The van der Waals surface area contributed by atoms with E-state index in [2.05, 4.69) is 5.32 Å². The van der Waals surface area contributed by atoms with Crippen LogP contribution in [0.25, 0.3) is 22.3 Å². The van der Waals surface area contributed by atoms with E-state index in [1.54, 1.807) is 7.11 Å². The zero-order chi connectivity index (χ0) is 17.9. The Balaban J connectivity index is 0.00000210. The highest BCUT2D eigenvalue weighted by Crippen LogP contribution is 2.28. The lowest BCUT2D eigenvalue weighted by Gasteiger charge is -2.11. The summed E-state index contributed by atoms with van der Waals surface area (Å²) >= 11 is 5.99. The normalized spacial score (nSPS) is 10.3. The van der Waals surface area contributed by atoms with Crippen molar-refractivity contribution in [2.75, 3.05) is 12.4 Å². The molecule has 3 aromatic carbocycles. The van der Waals surface area contributed by atoms with Crippen LogP contribution in [-0.4, -0.2) is 17.1 Å². The van der Waals surface area contributed by atoms with Gasteiger partial charge in [0, 0.05) is 21.7 Å². The molecule has 136 valence electrons. The van der Waals surface area contributed by atoms with Gasteiger partial charge in [0.15, 0.2) is 5.82 Å². The fraction of sp³-hybridized carbons (Fsp3) is 0.0476. The Hall–Kier alpha value is -2.82. The Morgan fingerprint density at radius 2 is 1.56 bits per heavy atom. The van der Waals surface area contributed by atoms with Crippen LogP contribution in [0.4, 0.5) is 11.5 Å². The van der Waals surface area contributed by atoms with Crippen molar-refractivity contribution in [1.82, 2.24) is 9.97 Å². The lowest BCUT2D eigenvalue weighted by atomic mass is 10.2. The number of methoxy groups -OCH3 is 1. The summed E-state index contributed by atoms with van der Waals surface area (Å²) in [6.45, 7) is 0. The number of benzene rings is 3. The van der Waals surface area contributed by atoms with E-state index in [0.29, 0.717) is 10.8 Å². The summed E-state index contributed by atoms with van der Waals surface area (Å²) < 4.78 is 5.21. The second-order valence-corrected chi connectivity index (χ2v) is 6.21. The number of ether oxygens (including phenoxy) is 1. The lowest BCUT2D eigenvalue weighted by molar-refractivity contribution is -0.00000544. The van der Waals surface area contributed by atoms with E-state index in [4.69, 9.17) is 26.3 Å². The SMILES string of the molecule is COc1ccc(Nc2nc(-c3ccc(Cl)cc3)nc3ccccc23)cc1.[Cl-]. The molecule has 0 aliphatic carbocycles. The van der Waals surface area contributed by atoms with Gasteiger partial charge in [-0.3, -0.25) is 0 Å². The predicted octanol–water partition coefficient (Wildman–Crippen LogP) is 2.71. The van der Waals surface area contributed by atoms with Gasteiger partial charge in [-0.05, 0) is 60.7 Å². The highest BCUT2D eigenvalue weighted by molar-refractivity contribution is 6.30. The lowest BCUT2D eigenvalue weighted by Crippen LogP contribution is -3.00. The molecule has 0 saturated heterocycles. The molecule has 0 fully saturated rings. The number of aromatic nitrogens is 2. The molecule has 4 nitrogen and oxygen atoms in total. The summed E-state index contributed by atoms with van der Waals surface area (Å²) in [6.07, 6.45) is 0. The molecule has 0 amide bonds. The second kappa shape index (κ2) is 8.25. The zero-order valence-corrected chi connectivity index (χ0v) is 16.0. The van der Waals surface area contributed by atoms with Gasteiger partial charge in [0.2, 0.25) is 0 Å². The molecule has 1 N–H and O–H groups in total. The highest BCUT2D eigenvalue weighted by Gasteiger charge is 2.10. The van der Waals surface area contributed by atoms with E-state index >= 15 is 0 Å². The fourth-order valence-electron chi connectivity index (χ4n) is 2.71. The quantitative estimate of drug-likeness (QED) is 0.575. The van der Waals surface area contributed by atoms with E-state index in [0.717, 1.165) is 33.7 Å². The largest absolute Gasteiger partial charge is 1.00 e. The second-order valence-electron chi connectivity index (χ2n) is 5.77. The third-order valence-electron chi connectivity index (χ3n) is 4.06. The molecule has 0 atom stereocenters. The molecule has 0 saturated carbocycles. The Bertz CT molecular complexity index is 1050. The van der Waals surface area contributed by atoms with Crippen LogP contribution in [-0.2, 0) is 0 Å². The van der Waals surface area contributed by atoms with Gasteiger partial charge >= 0.3 is 0 Å². The molecule has 0 radical (unpaired) electrons. The molecule has 4 rings (SSSR count). The number of nitrogens with one attached hydrogen (secondary N) is 1. The molecule has 0 bridgehead atoms. The van der Waals surface area contributed by atoms with Crippen molar-refractivity contribution in [3.8, 4) is 17.1 Å². The number of rotatable bonds is 4. The molecule has 27 heavy (non-hydrogen) atoms. The van der Waals surface area contributed by atoms with Gasteiger partial charge in [0.1, 0.15) is 11.6 Å². The van der Waals surface area contributed by atoms with Gasteiger partial charge in [-0.15, -0.1) is 0 Å². The third kappa shape index (κ3) is 4.13. The molecular formula is C21H16Cl2N3O-. The third-order valence-corrected chi connectivity index (χ3v) is 4.31. The molecule has 0 spiro atoms. The predicted molar refractivity (Wildman–Crippen MR) is 106 cm³/mol. The summed E-state index contributed by atoms with van der Waals surface area (Å²) in [6, 6.07) is 23.2. The van der Waals surface area contributed by atoms with E-state index in [9.17, 15) is 0 Å². The molecule has 0 unspecified atom stereocenters. The molecule has 0 aliphatic heterocycles. The standard InChI is InChI=1S/C21H16ClN3O.ClH/c1-26-17-12-10-16(11-13-17)23-21-18-4-2-3-5-19(18)24-20(25-21)14-6-8-15(22)9-7-14;/h2-13H,1H3,(H,23,24,25);1H/p-1. The molecular weight excluding hydrogens is 381 g/mol. The summed E-state index contributed by atoms with van der Waals surface area (Å²) in [5, 5.41) is 5.03. The highest BCUT2D eigenvalue weighted by atomic mass is 35.5. The minimum Gasteiger partial charge on any atom is -1.00 e. The Kier molecular flexibility index (Phi) is 5.79. The summed E-state index contributed by atoms with van der Waals surface area (Å²) in [5.74, 6) is 2.21. The smallest absolute Gasteiger partial charge is 0.162 e. The van der Waals surface area contributed by atoms with Crippen molar-refractivity contribution in [1.29, 1.82) is 0 Å². The molecule has 0 aliphatic rings. The van der Waals surface area contributed by atoms with Gasteiger partial charge < -0.3 is 22.5 Å². The average molecular weight is 397 g/mol. The summed E-state index contributed by atoms with van der Waals surface area (Å²) in [7, 11) is 1.65. The van der Waals surface area contributed by atoms with Crippen molar-refractivity contribution in [2.24, 2.45) is 0 Å². The number of halogens is 2. The Labute approximate surface area is 168 Å². The maximum Gasteiger partial charge on any atom is 0.162 e. The first-order valence-electron chi connectivity index (χ1n) is 8.17. The van der Waals surface area contributed by atoms with Crippen molar-refractivity contribution in [3.05, 3.63) is 77.8 Å². The van der Waals surface area contributed by atoms with Crippen LogP contribution in [0, 0.1) is 0 Å². The van der Waals surface area contributed by atoms with Crippen LogP contribution in [0.3, 0.4) is 0 Å². The number of nitrogens with zero attached hydrogens (tertiary/aromatic N) is 2. The van der Waals surface area contributed by atoms with Gasteiger partial charge in [-0.2, -0.15) is 0 Å². The first-order valence-corrected chi connectivity index (χ1v) is 8.54. The van der Waals surface area contributed by atoms with Gasteiger partial charge in [-0.25, -0.2) is 9.97 Å². The maximum absolute atomic E-state index is 5.99. The molecule has 4 aromatic rings. The molecule has 1 heterocycles. The molecule has 1 aromatic heterocycles. The first-order chi connectivity index (χ1) is 12.7. The van der Waals surface area contributed by atoms with Crippen molar-refractivity contribution in [2.45, 2.75) is 0 Å². The average Bonchev–Trinajstić information content (AvgIpc) is 2.69. The van der Waals surface area contributed by atoms with Crippen molar-refractivity contribution in [3.63, 3.8) is 0 Å². The van der Waals surface area contributed by atoms with Gasteiger partial charge in [0.25, 0.3) is 0 Å². The van der Waals surface area contributed by atoms with E-state index in [1.165, 1.54) is 0 Å². The monoisotopic (exact) mass is 396 g/mol. The van der Waals surface area contributed by atoms with Gasteiger partial charge in [-0.1, -0.05) is 23.7 Å². The van der Waals surface area contributed by atoms with Crippen LogP contribution in [0.5, 0.6) is 5.75 Å². The summed E-state index contributed by atoms with van der Waals surface area (Å²) in [4.78, 5) is 9.43. The molecule has 6 heteroatoms. The number of fused-ring (bicyclic) bond motifs is 1. The number of para-hydroxylation sites is 1. The van der Waals surface area contributed by atoms with Crippen LogP contribution in [0.15, 0.2) is 72.8 Å². The van der Waals surface area contributed by atoms with E-state index in [-0.39, 0.29) is 12.4 Å². The van der Waals surface area contributed by atoms with Crippen molar-refractivity contribution >= 4 is 34.0 Å². The zero-order valence-electron chi connectivity index (χ0n) is 14.5. The number of anilines is 2. The van der Waals surface area contributed by atoms with E-state index in [1.807, 2.05) is 72.8 Å². The van der Waals surface area contributed by atoms with Crippen LogP contribution < -0.4 is 22.5 Å².